The van der Waals surface area contributed by atoms with Crippen LogP contribution in [0.5, 0.6) is 11.5 Å². The van der Waals surface area contributed by atoms with E-state index in [4.69, 9.17) is 21.7 Å². The minimum absolute atomic E-state index is 0.0930. The summed E-state index contributed by atoms with van der Waals surface area (Å²) in [4.78, 5) is 12.9. The predicted molar refractivity (Wildman–Crippen MR) is 127 cm³/mol. The first-order chi connectivity index (χ1) is 15.4. The molecule has 1 amide bonds. The Balaban J connectivity index is 1.93. The number of carbonyl (C=O) groups is 1. The minimum atomic E-state index is -0.591. The SMILES string of the molecule is CCOc1ccc(/C=C(\C#N)C(=O)Nc2sc(=S)c3c(c2C#N)CCC(C)C3)cc1OC. The van der Waals surface area contributed by atoms with E-state index in [1.165, 1.54) is 24.5 Å². The number of carbonyl (C=O) groups excluding carboxylic acids is 1. The lowest BCUT2D eigenvalue weighted by Gasteiger charge is -2.23. The lowest BCUT2D eigenvalue weighted by Crippen LogP contribution is -2.17. The van der Waals surface area contributed by atoms with E-state index in [1.807, 2.05) is 13.0 Å². The van der Waals surface area contributed by atoms with Crippen molar-refractivity contribution in [3.63, 3.8) is 0 Å². The highest BCUT2D eigenvalue weighted by molar-refractivity contribution is 7.73. The number of methoxy groups -OCH3 is 1. The molecule has 6 nitrogen and oxygen atoms in total. The number of amides is 1. The molecular formula is C24H23N3O3S2. The van der Waals surface area contributed by atoms with E-state index in [0.717, 1.165) is 30.4 Å². The van der Waals surface area contributed by atoms with Gasteiger partial charge in [-0.05, 0) is 67.0 Å². The zero-order valence-corrected chi connectivity index (χ0v) is 19.8. The monoisotopic (exact) mass is 465 g/mol. The molecule has 32 heavy (non-hydrogen) atoms. The number of nitrogens with one attached hydrogen (secondary N) is 1. The van der Waals surface area contributed by atoms with E-state index in [1.54, 1.807) is 18.2 Å². The van der Waals surface area contributed by atoms with Crippen LogP contribution in [0.3, 0.4) is 0 Å². The number of nitrogens with zero attached hydrogens (tertiary/aromatic N) is 2. The fraction of sp³-hybridized carbons (Fsp3) is 0.333. The number of anilines is 1. The van der Waals surface area contributed by atoms with Crippen molar-refractivity contribution >= 4 is 40.5 Å². The Kier molecular flexibility index (Phi) is 7.63. The molecule has 1 atom stereocenters. The molecule has 0 saturated carbocycles. The fourth-order valence-electron chi connectivity index (χ4n) is 3.68. The van der Waals surface area contributed by atoms with Gasteiger partial charge in [-0.25, -0.2) is 0 Å². The Hall–Kier alpha value is -3.20. The Morgan fingerprint density at radius 3 is 2.78 bits per heavy atom. The van der Waals surface area contributed by atoms with Gasteiger partial charge in [-0.1, -0.05) is 25.2 Å². The zero-order valence-electron chi connectivity index (χ0n) is 18.2. The van der Waals surface area contributed by atoms with E-state index in [9.17, 15) is 15.3 Å². The van der Waals surface area contributed by atoms with Crippen molar-refractivity contribution in [2.75, 3.05) is 19.0 Å². The first-order valence-corrected chi connectivity index (χ1v) is 11.5. The summed E-state index contributed by atoms with van der Waals surface area (Å²) in [6.45, 7) is 4.53. The van der Waals surface area contributed by atoms with Gasteiger partial charge in [0.2, 0.25) is 0 Å². The lowest BCUT2D eigenvalue weighted by molar-refractivity contribution is -0.112. The highest BCUT2D eigenvalue weighted by atomic mass is 32.1. The molecule has 164 valence electrons. The largest absolute Gasteiger partial charge is 0.493 e. The molecule has 0 aliphatic heterocycles. The van der Waals surface area contributed by atoms with Gasteiger partial charge in [0.1, 0.15) is 22.7 Å². The van der Waals surface area contributed by atoms with Crippen molar-refractivity contribution < 1.29 is 14.3 Å². The summed E-state index contributed by atoms with van der Waals surface area (Å²) < 4.78 is 11.5. The van der Waals surface area contributed by atoms with Crippen LogP contribution in [0.4, 0.5) is 5.00 Å². The molecule has 0 saturated heterocycles. The number of ether oxygens (including phenoxy) is 2. The van der Waals surface area contributed by atoms with Crippen LogP contribution in [0.1, 0.15) is 42.5 Å². The number of rotatable bonds is 6. The van der Waals surface area contributed by atoms with E-state index in [-0.39, 0.29) is 5.57 Å². The first-order valence-electron chi connectivity index (χ1n) is 10.2. The van der Waals surface area contributed by atoms with Crippen molar-refractivity contribution in [2.24, 2.45) is 5.92 Å². The number of hydrogen-bond donors (Lipinski definition) is 1. The Labute approximate surface area is 196 Å². The number of benzene rings is 1. The molecule has 8 heteroatoms. The fourth-order valence-corrected chi connectivity index (χ4v) is 5.07. The molecule has 1 aromatic carbocycles. The lowest BCUT2D eigenvalue weighted by atomic mass is 9.85. The van der Waals surface area contributed by atoms with E-state index < -0.39 is 5.91 Å². The van der Waals surface area contributed by atoms with Crippen LogP contribution in [-0.4, -0.2) is 19.6 Å². The van der Waals surface area contributed by atoms with Crippen molar-refractivity contribution in [3.05, 3.63) is 49.8 Å². The normalized spacial score (nSPS) is 15.2. The van der Waals surface area contributed by atoms with Gasteiger partial charge in [-0.2, -0.15) is 10.5 Å². The summed E-state index contributed by atoms with van der Waals surface area (Å²) in [6, 6.07) is 9.33. The summed E-state index contributed by atoms with van der Waals surface area (Å²) in [6.07, 6.45) is 4.04. The van der Waals surface area contributed by atoms with Gasteiger partial charge in [0.05, 0.1) is 23.1 Å². The third-order valence-electron chi connectivity index (χ3n) is 5.28. The van der Waals surface area contributed by atoms with E-state index in [2.05, 4.69) is 18.3 Å². The smallest absolute Gasteiger partial charge is 0.266 e. The van der Waals surface area contributed by atoms with Gasteiger partial charge in [-0.15, -0.1) is 11.3 Å². The second-order valence-corrected chi connectivity index (χ2v) is 9.17. The quantitative estimate of drug-likeness (QED) is 0.347. The number of fused-ring (bicyclic) bond motifs is 1. The van der Waals surface area contributed by atoms with Gasteiger partial charge >= 0.3 is 0 Å². The molecule has 1 aliphatic rings. The van der Waals surface area contributed by atoms with Crippen LogP contribution in [0, 0.1) is 32.4 Å². The van der Waals surface area contributed by atoms with Crippen LogP contribution in [0.2, 0.25) is 0 Å². The second-order valence-electron chi connectivity index (χ2n) is 7.48. The van der Waals surface area contributed by atoms with Gasteiger partial charge in [-0.3, -0.25) is 4.79 Å². The summed E-state index contributed by atoms with van der Waals surface area (Å²) in [7, 11) is 1.53. The molecule has 0 bridgehead atoms. The standard InChI is InChI=1S/C24H23N3O3S2/c1-4-30-20-8-6-15(11-21(20)29-3)10-16(12-25)22(28)27-23-19(13-26)17-7-5-14(2)9-18(17)24(31)32-23/h6,8,10-11,14H,4-5,7,9H2,1-3H3,(H,27,28)/b16-10+. The van der Waals surface area contributed by atoms with Crippen molar-refractivity contribution in [1.29, 1.82) is 10.5 Å². The van der Waals surface area contributed by atoms with Crippen molar-refractivity contribution in [1.82, 2.24) is 0 Å². The maximum Gasteiger partial charge on any atom is 0.266 e. The Morgan fingerprint density at radius 1 is 1.34 bits per heavy atom. The van der Waals surface area contributed by atoms with Crippen LogP contribution in [0.15, 0.2) is 23.8 Å². The molecular weight excluding hydrogens is 442 g/mol. The average molecular weight is 466 g/mol. The van der Waals surface area contributed by atoms with Crippen LogP contribution in [-0.2, 0) is 17.6 Å². The van der Waals surface area contributed by atoms with Crippen LogP contribution < -0.4 is 14.8 Å². The van der Waals surface area contributed by atoms with Gasteiger partial charge < -0.3 is 14.8 Å². The Morgan fingerprint density at radius 2 is 2.12 bits per heavy atom. The average Bonchev–Trinajstić information content (AvgIpc) is 2.79. The molecule has 2 aromatic rings. The first kappa shape index (κ1) is 23.5. The third kappa shape index (κ3) is 4.99. The number of nitriles is 2. The highest BCUT2D eigenvalue weighted by Crippen LogP contribution is 2.36. The molecule has 1 aromatic heterocycles. The molecule has 0 fully saturated rings. The molecule has 0 spiro atoms. The van der Waals surface area contributed by atoms with Crippen molar-refractivity contribution in [2.45, 2.75) is 33.1 Å². The topological polar surface area (TPSA) is 95.1 Å². The summed E-state index contributed by atoms with van der Waals surface area (Å²) in [5.74, 6) is 1.01. The summed E-state index contributed by atoms with van der Waals surface area (Å²) >= 11 is 6.76. The van der Waals surface area contributed by atoms with Gasteiger partial charge in [0, 0.05) is 0 Å². The third-order valence-corrected chi connectivity index (χ3v) is 6.71. The van der Waals surface area contributed by atoms with E-state index in [0.29, 0.717) is 44.0 Å². The van der Waals surface area contributed by atoms with Gasteiger partial charge in [0.15, 0.2) is 11.5 Å². The summed E-state index contributed by atoms with van der Waals surface area (Å²) in [5.41, 5.74) is 2.92. The Bertz CT molecular complexity index is 1220. The van der Waals surface area contributed by atoms with Crippen LogP contribution in [0.25, 0.3) is 6.08 Å². The molecule has 0 radical (unpaired) electrons. The molecule has 1 aliphatic carbocycles. The van der Waals surface area contributed by atoms with Crippen LogP contribution >= 0.6 is 23.6 Å². The zero-order chi connectivity index (χ0) is 23.3. The maximum absolute atomic E-state index is 12.9. The molecule has 1 unspecified atom stereocenters. The van der Waals surface area contributed by atoms with Crippen molar-refractivity contribution in [3.8, 4) is 23.6 Å². The van der Waals surface area contributed by atoms with E-state index >= 15 is 0 Å². The molecule has 1 heterocycles. The second kappa shape index (κ2) is 10.4. The maximum atomic E-state index is 12.9. The molecule has 1 N–H and O–H groups in total. The minimum Gasteiger partial charge on any atom is -0.493 e. The summed E-state index contributed by atoms with van der Waals surface area (Å²) in [5, 5.41) is 22.5. The highest BCUT2D eigenvalue weighted by Gasteiger charge is 2.24. The molecule has 3 rings (SSSR count). The predicted octanol–water partition coefficient (Wildman–Crippen LogP) is 5.43. The number of hydrogen-bond acceptors (Lipinski definition) is 7. The van der Waals surface area contributed by atoms with Gasteiger partial charge in [0.25, 0.3) is 5.91 Å².